The molecule has 0 radical (unpaired) electrons. The monoisotopic (exact) mass is 237 g/mol. The number of carbonyl (C=O) groups excluding carboxylic acids is 1. The number of amides is 1. The van der Waals surface area contributed by atoms with Gasteiger partial charge >= 0.3 is 6.18 Å². The predicted octanol–water partition coefficient (Wildman–Crippen LogP) is 1.12. The van der Waals surface area contributed by atoms with Gasteiger partial charge in [-0.2, -0.15) is 18.3 Å². The SMILES string of the molecule is CCONC(=O)c1cn(C)nc1C(F)(F)F. The van der Waals surface area contributed by atoms with Crippen molar-refractivity contribution in [2.75, 3.05) is 6.61 Å². The average molecular weight is 237 g/mol. The molecule has 16 heavy (non-hydrogen) atoms. The molecule has 1 heterocycles. The smallest absolute Gasteiger partial charge is 0.274 e. The van der Waals surface area contributed by atoms with Gasteiger partial charge in [0.05, 0.1) is 12.2 Å². The highest BCUT2D eigenvalue weighted by Gasteiger charge is 2.38. The summed E-state index contributed by atoms with van der Waals surface area (Å²) in [6, 6.07) is 0. The number of nitrogens with one attached hydrogen (secondary N) is 1. The van der Waals surface area contributed by atoms with Gasteiger partial charge in [0.2, 0.25) is 0 Å². The third-order valence-electron chi connectivity index (χ3n) is 1.65. The molecule has 0 spiro atoms. The summed E-state index contributed by atoms with van der Waals surface area (Å²) in [4.78, 5) is 15.8. The largest absolute Gasteiger partial charge is 0.435 e. The van der Waals surface area contributed by atoms with Crippen LogP contribution in [0.5, 0.6) is 0 Å². The molecular weight excluding hydrogens is 227 g/mol. The van der Waals surface area contributed by atoms with Crippen LogP contribution in [0.25, 0.3) is 0 Å². The number of hydroxylamine groups is 1. The summed E-state index contributed by atoms with van der Waals surface area (Å²) in [5.41, 5.74) is 0.0865. The van der Waals surface area contributed by atoms with Crippen LogP contribution < -0.4 is 5.48 Å². The van der Waals surface area contributed by atoms with Crippen LogP contribution in [-0.2, 0) is 18.1 Å². The van der Waals surface area contributed by atoms with E-state index in [1.807, 2.05) is 5.48 Å². The zero-order valence-electron chi connectivity index (χ0n) is 8.63. The molecule has 0 unspecified atom stereocenters. The van der Waals surface area contributed by atoms with Crippen molar-refractivity contribution in [2.45, 2.75) is 13.1 Å². The minimum atomic E-state index is -4.67. The molecule has 0 bridgehead atoms. The van der Waals surface area contributed by atoms with E-state index in [1.54, 1.807) is 6.92 Å². The maximum Gasteiger partial charge on any atom is 0.435 e. The van der Waals surface area contributed by atoms with E-state index < -0.39 is 23.3 Å². The zero-order chi connectivity index (χ0) is 12.3. The fourth-order valence-electron chi connectivity index (χ4n) is 1.06. The topological polar surface area (TPSA) is 56.1 Å². The van der Waals surface area contributed by atoms with Crippen LogP contribution in [0.2, 0.25) is 0 Å². The Morgan fingerprint density at radius 1 is 1.62 bits per heavy atom. The quantitative estimate of drug-likeness (QED) is 0.801. The molecule has 1 aromatic rings. The van der Waals surface area contributed by atoms with Crippen LogP contribution in [0, 0.1) is 0 Å². The molecule has 0 fully saturated rings. The zero-order valence-corrected chi connectivity index (χ0v) is 8.63. The molecule has 8 heteroatoms. The number of hydrogen-bond acceptors (Lipinski definition) is 3. The maximum atomic E-state index is 12.4. The van der Waals surface area contributed by atoms with Crippen molar-refractivity contribution in [3.05, 3.63) is 17.5 Å². The van der Waals surface area contributed by atoms with E-state index in [2.05, 4.69) is 9.94 Å². The number of rotatable bonds is 3. The molecule has 1 rings (SSSR count). The summed E-state index contributed by atoms with van der Waals surface area (Å²) in [7, 11) is 1.30. The summed E-state index contributed by atoms with van der Waals surface area (Å²) < 4.78 is 38.3. The van der Waals surface area contributed by atoms with Crippen LogP contribution >= 0.6 is 0 Å². The molecule has 90 valence electrons. The van der Waals surface area contributed by atoms with Crippen molar-refractivity contribution in [3.63, 3.8) is 0 Å². The average Bonchev–Trinajstić information content (AvgIpc) is 2.56. The lowest BCUT2D eigenvalue weighted by Gasteiger charge is -2.06. The van der Waals surface area contributed by atoms with E-state index in [9.17, 15) is 18.0 Å². The number of carbonyl (C=O) groups is 1. The van der Waals surface area contributed by atoms with E-state index in [-0.39, 0.29) is 6.61 Å². The second-order valence-electron chi connectivity index (χ2n) is 2.93. The molecule has 5 nitrogen and oxygen atoms in total. The van der Waals surface area contributed by atoms with Gasteiger partial charge in [-0.25, -0.2) is 5.48 Å². The fraction of sp³-hybridized carbons (Fsp3) is 0.500. The molecule has 1 N–H and O–H groups in total. The van der Waals surface area contributed by atoms with E-state index in [0.717, 1.165) is 10.9 Å². The Balaban J connectivity index is 2.99. The first kappa shape index (κ1) is 12.5. The van der Waals surface area contributed by atoms with Crippen LogP contribution in [0.15, 0.2) is 6.20 Å². The number of alkyl halides is 3. The molecule has 0 aromatic carbocycles. The van der Waals surface area contributed by atoms with Gasteiger partial charge in [-0.15, -0.1) is 0 Å². The Hall–Kier alpha value is -1.57. The third kappa shape index (κ3) is 2.72. The Kier molecular flexibility index (Phi) is 3.53. The van der Waals surface area contributed by atoms with Crippen molar-refractivity contribution in [3.8, 4) is 0 Å². The van der Waals surface area contributed by atoms with E-state index in [0.29, 0.717) is 0 Å². The molecule has 0 aliphatic carbocycles. The van der Waals surface area contributed by atoms with Crippen molar-refractivity contribution >= 4 is 5.91 Å². The number of nitrogens with zero attached hydrogens (tertiary/aromatic N) is 2. The van der Waals surface area contributed by atoms with Gasteiger partial charge in [-0.05, 0) is 6.92 Å². The highest BCUT2D eigenvalue weighted by molar-refractivity contribution is 5.94. The van der Waals surface area contributed by atoms with Gasteiger partial charge in [0.25, 0.3) is 5.91 Å². The van der Waals surface area contributed by atoms with E-state index in [1.165, 1.54) is 7.05 Å². The summed E-state index contributed by atoms with van der Waals surface area (Å²) in [5, 5.41) is 3.19. The number of hydrogen-bond donors (Lipinski definition) is 1. The van der Waals surface area contributed by atoms with Crippen LogP contribution in [0.1, 0.15) is 23.0 Å². The standard InChI is InChI=1S/C8H10F3N3O2/c1-3-16-13-7(15)5-4-14(2)12-6(5)8(9,10)11/h4H,3H2,1-2H3,(H,13,15). The summed E-state index contributed by atoms with van der Waals surface area (Å²) in [6.07, 6.45) is -3.68. The molecule has 0 aliphatic heterocycles. The predicted molar refractivity (Wildman–Crippen MR) is 47.3 cm³/mol. The van der Waals surface area contributed by atoms with Crippen LogP contribution in [-0.4, -0.2) is 22.3 Å². The first-order chi connectivity index (χ1) is 7.36. The molecule has 0 saturated heterocycles. The first-order valence-corrected chi connectivity index (χ1v) is 4.39. The highest BCUT2D eigenvalue weighted by atomic mass is 19.4. The van der Waals surface area contributed by atoms with Crippen LogP contribution in [0.4, 0.5) is 13.2 Å². The summed E-state index contributed by atoms with van der Waals surface area (Å²) in [5.74, 6) is -0.970. The highest BCUT2D eigenvalue weighted by Crippen LogP contribution is 2.30. The van der Waals surface area contributed by atoms with Crippen molar-refractivity contribution < 1.29 is 22.8 Å². The minimum Gasteiger partial charge on any atom is -0.274 e. The molecule has 0 aliphatic rings. The van der Waals surface area contributed by atoms with Gasteiger partial charge in [0.1, 0.15) is 0 Å². The lowest BCUT2D eigenvalue weighted by Crippen LogP contribution is -2.25. The Morgan fingerprint density at radius 2 is 2.25 bits per heavy atom. The van der Waals surface area contributed by atoms with E-state index >= 15 is 0 Å². The second-order valence-corrected chi connectivity index (χ2v) is 2.93. The van der Waals surface area contributed by atoms with Crippen molar-refractivity contribution in [2.24, 2.45) is 7.05 Å². The van der Waals surface area contributed by atoms with Gasteiger partial charge < -0.3 is 0 Å². The van der Waals surface area contributed by atoms with Crippen molar-refractivity contribution in [1.82, 2.24) is 15.3 Å². The lowest BCUT2D eigenvalue weighted by atomic mass is 10.2. The summed E-state index contributed by atoms with van der Waals surface area (Å²) >= 11 is 0. The minimum absolute atomic E-state index is 0.160. The number of aromatic nitrogens is 2. The molecule has 1 amide bonds. The van der Waals surface area contributed by atoms with E-state index in [4.69, 9.17) is 0 Å². The second kappa shape index (κ2) is 4.52. The van der Waals surface area contributed by atoms with Crippen molar-refractivity contribution in [1.29, 1.82) is 0 Å². The first-order valence-electron chi connectivity index (χ1n) is 4.39. The van der Waals surface area contributed by atoms with Gasteiger partial charge in [0.15, 0.2) is 5.69 Å². The van der Waals surface area contributed by atoms with Gasteiger partial charge in [0, 0.05) is 13.2 Å². The molecule has 0 atom stereocenters. The molecular formula is C8H10F3N3O2. The number of aryl methyl sites for hydroxylation is 1. The van der Waals surface area contributed by atoms with Gasteiger partial charge in [-0.1, -0.05) is 0 Å². The normalized spacial score (nSPS) is 11.6. The fourth-order valence-corrected chi connectivity index (χ4v) is 1.06. The lowest BCUT2D eigenvalue weighted by molar-refractivity contribution is -0.141. The maximum absolute atomic E-state index is 12.4. The number of halogens is 3. The Morgan fingerprint density at radius 3 is 2.75 bits per heavy atom. The third-order valence-corrected chi connectivity index (χ3v) is 1.65. The van der Waals surface area contributed by atoms with Crippen LogP contribution in [0.3, 0.4) is 0 Å². The Labute approximate surface area is 89.1 Å². The molecule has 1 aromatic heterocycles. The Bertz CT molecular complexity index is 386. The molecule has 0 saturated carbocycles. The van der Waals surface area contributed by atoms with Gasteiger partial charge in [-0.3, -0.25) is 14.3 Å². The summed E-state index contributed by atoms with van der Waals surface area (Å²) in [6.45, 7) is 1.75.